The van der Waals surface area contributed by atoms with Gasteiger partial charge in [0.2, 0.25) is 5.91 Å². The molecule has 1 fully saturated rings. The van der Waals surface area contributed by atoms with Crippen molar-refractivity contribution in [3.05, 3.63) is 71.3 Å². The van der Waals surface area contributed by atoms with Crippen LogP contribution in [0.2, 0.25) is 0 Å². The third-order valence-electron chi connectivity index (χ3n) is 4.45. The van der Waals surface area contributed by atoms with E-state index < -0.39 is 6.10 Å². The first kappa shape index (κ1) is 17.5. The van der Waals surface area contributed by atoms with Gasteiger partial charge in [0.1, 0.15) is 11.6 Å². The molecule has 0 aromatic heterocycles. The highest BCUT2D eigenvalue weighted by molar-refractivity contribution is 5.77. The molecule has 1 N–H and O–H groups in total. The molecule has 132 valence electrons. The fourth-order valence-electron chi connectivity index (χ4n) is 2.90. The summed E-state index contributed by atoms with van der Waals surface area (Å²) in [5, 5.41) is 10.4. The number of halogens is 2. The van der Waals surface area contributed by atoms with Gasteiger partial charge in [-0.15, -0.1) is 0 Å². The Morgan fingerprint density at radius 3 is 2.48 bits per heavy atom. The first-order valence-corrected chi connectivity index (χ1v) is 8.50. The normalized spacial score (nSPS) is 15.0. The molecule has 1 unspecified atom stereocenters. The molecule has 25 heavy (non-hydrogen) atoms. The maximum atomic E-state index is 13.2. The van der Waals surface area contributed by atoms with Crippen LogP contribution in [0.4, 0.5) is 8.78 Å². The second kappa shape index (κ2) is 7.74. The van der Waals surface area contributed by atoms with Gasteiger partial charge in [-0.2, -0.15) is 0 Å². The van der Waals surface area contributed by atoms with Crippen LogP contribution in [-0.2, 0) is 11.2 Å². The van der Waals surface area contributed by atoms with Gasteiger partial charge in [-0.25, -0.2) is 8.78 Å². The summed E-state index contributed by atoms with van der Waals surface area (Å²) >= 11 is 0. The SMILES string of the molecule is O=C(CCc1cccc(F)c1)N(CC(O)c1ccc(F)cc1)C1CC1. The van der Waals surface area contributed by atoms with Gasteiger partial charge in [0.15, 0.2) is 0 Å². The Morgan fingerprint density at radius 2 is 1.84 bits per heavy atom. The molecular weight excluding hydrogens is 324 g/mol. The zero-order valence-corrected chi connectivity index (χ0v) is 13.9. The van der Waals surface area contributed by atoms with E-state index in [1.165, 1.54) is 36.4 Å². The lowest BCUT2D eigenvalue weighted by Crippen LogP contribution is -2.36. The summed E-state index contributed by atoms with van der Waals surface area (Å²) in [5.41, 5.74) is 1.37. The zero-order chi connectivity index (χ0) is 17.8. The Bertz CT molecular complexity index is 729. The Balaban J connectivity index is 1.60. The average Bonchev–Trinajstić information content (AvgIpc) is 3.43. The molecule has 0 radical (unpaired) electrons. The van der Waals surface area contributed by atoms with Gasteiger partial charge in [0, 0.05) is 12.5 Å². The lowest BCUT2D eigenvalue weighted by Gasteiger charge is -2.25. The monoisotopic (exact) mass is 345 g/mol. The summed E-state index contributed by atoms with van der Waals surface area (Å²) in [4.78, 5) is 14.3. The summed E-state index contributed by atoms with van der Waals surface area (Å²) in [6.45, 7) is 0.193. The number of aryl methyl sites for hydroxylation is 1. The zero-order valence-electron chi connectivity index (χ0n) is 13.9. The van der Waals surface area contributed by atoms with E-state index in [4.69, 9.17) is 0 Å². The number of nitrogens with zero attached hydrogens (tertiary/aromatic N) is 1. The van der Waals surface area contributed by atoms with Gasteiger partial charge in [-0.05, 0) is 54.7 Å². The molecule has 5 heteroatoms. The molecule has 0 aliphatic heterocycles. The number of aliphatic hydroxyl groups is 1. The topological polar surface area (TPSA) is 40.5 Å². The molecule has 1 saturated carbocycles. The summed E-state index contributed by atoms with van der Waals surface area (Å²) < 4.78 is 26.2. The second-order valence-corrected chi connectivity index (χ2v) is 6.47. The molecular formula is C20H21F2NO2. The van der Waals surface area contributed by atoms with Crippen molar-refractivity contribution < 1.29 is 18.7 Å². The van der Waals surface area contributed by atoms with Crippen LogP contribution in [0.5, 0.6) is 0 Å². The molecule has 3 rings (SSSR count). The molecule has 1 aliphatic carbocycles. The third kappa shape index (κ3) is 4.86. The fourth-order valence-corrected chi connectivity index (χ4v) is 2.90. The summed E-state index contributed by atoms with van der Waals surface area (Å²) in [5.74, 6) is -0.718. The quantitative estimate of drug-likeness (QED) is 0.833. The highest BCUT2D eigenvalue weighted by Crippen LogP contribution is 2.29. The van der Waals surface area contributed by atoms with Gasteiger partial charge in [-0.3, -0.25) is 4.79 Å². The highest BCUT2D eigenvalue weighted by Gasteiger charge is 2.33. The van der Waals surface area contributed by atoms with Crippen molar-refractivity contribution in [3.8, 4) is 0 Å². The first-order chi connectivity index (χ1) is 12.0. The third-order valence-corrected chi connectivity index (χ3v) is 4.45. The molecule has 0 heterocycles. The van der Waals surface area contributed by atoms with Crippen LogP contribution in [-0.4, -0.2) is 28.5 Å². The predicted molar refractivity (Wildman–Crippen MR) is 90.8 cm³/mol. The molecule has 0 saturated heterocycles. The van der Waals surface area contributed by atoms with E-state index in [-0.39, 0.29) is 36.5 Å². The van der Waals surface area contributed by atoms with Crippen molar-refractivity contribution in [2.24, 2.45) is 0 Å². The molecule has 1 amide bonds. The number of aliphatic hydroxyl groups excluding tert-OH is 1. The maximum absolute atomic E-state index is 13.2. The van der Waals surface area contributed by atoms with Crippen LogP contribution in [0.1, 0.15) is 36.5 Å². The molecule has 2 aromatic carbocycles. The molecule has 2 aromatic rings. The van der Waals surface area contributed by atoms with Crippen molar-refractivity contribution in [3.63, 3.8) is 0 Å². The summed E-state index contributed by atoms with van der Waals surface area (Å²) in [6.07, 6.45) is 1.76. The minimum absolute atomic E-state index is 0.0482. The lowest BCUT2D eigenvalue weighted by atomic mass is 10.1. The van der Waals surface area contributed by atoms with Gasteiger partial charge >= 0.3 is 0 Å². The van der Waals surface area contributed by atoms with Crippen LogP contribution in [0.25, 0.3) is 0 Å². The standard InChI is InChI=1S/C20H21F2NO2/c21-16-7-5-15(6-8-16)19(24)13-23(18-9-10-18)20(25)11-4-14-2-1-3-17(22)12-14/h1-3,5-8,12,18-19,24H,4,9-11,13H2. The van der Waals surface area contributed by atoms with E-state index >= 15 is 0 Å². The van der Waals surface area contributed by atoms with Crippen LogP contribution >= 0.6 is 0 Å². The molecule has 0 bridgehead atoms. The Kier molecular flexibility index (Phi) is 5.43. The number of carbonyl (C=O) groups is 1. The Hall–Kier alpha value is -2.27. The largest absolute Gasteiger partial charge is 0.387 e. The van der Waals surface area contributed by atoms with Crippen molar-refractivity contribution in [2.45, 2.75) is 37.8 Å². The fraction of sp³-hybridized carbons (Fsp3) is 0.350. The number of benzene rings is 2. The molecule has 3 nitrogen and oxygen atoms in total. The van der Waals surface area contributed by atoms with Crippen molar-refractivity contribution >= 4 is 5.91 Å². The van der Waals surface area contributed by atoms with Crippen LogP contribution in [0.3, 0.4) is 0 Å². The van der Waals surface area contributed by atoms with E-state index in [1.54, 1.807) is 17.0 Å². The number of amides is 1. The second-order valence-electron chi connectivity index (χ2n) is 6.47. The van der Waals surface area contributed by atoms with E-state index in [0.717, 1.165) is 18.4 Å². The first-order valence-electron chi connectivity index (χ1n) is 8.50. The number of rotatable bonds is 7. The van der Waals surface area contributed by atoms with Gasteiger partial charge in [0.05, 0.1) is 12.6 Å². The van der Waals surface area contributed by atoms with Crippen LogP contribution < -0.4 is 0 Å². The van der Waals surface area contributed by atoms with E-state index in [9.17, 15) is 18.7 Å². The number of hydrogen-bond donors (Lipinski definition) is 1. The average molecular weight is 345 g/mol. The maximum Gasteiger partial charge on any atom is 0.223 e. The Morgan fingerprint density at radius 1 is 1.12 bits per heavy atom. The molecule has 1 aliphatic rings. The summed E-state index contributed by atoms with van der Waals surface area (Å²) in [6, 6.07) is 12.1. The van der Waals surface area contributed by atoms with Crippen molar-refractivity contribution in [1.82, 2.24) is 4.90 Å². The van der Waals surface area contributed by atoms with E-state index in [1.807, 2.05) is 0 Å². The molecule has 0 spiro atoms. The number of carbonyl (C=O) groups excluding carboxylic acids is 1. The smallest absolute Gasteiger partial charge is 0.223 e. The minimum atomic E-state index is -0.848. The summed E-state index contributed by atoms with van der Waals surface area (Å²) in [7, 11) is 0. The number of hydrogen-bond acceptors (Lipinski definition) is 2. The van der Waals surface area contributed by atoms with Gasteiger partial charge in [-0.1, -0.05) is 24.3 Å². The van der Waals surface area contributed by atoms with Crippen LogP contribution in [0, 0.1) is 11.6 Å². The Labute approximate surface area is 145 Å². The van der Waals surface area contributed by atoms with Gasteiger partial charge < -0.3 is 10.0 Å². The van der Waals surface area contributed by atoms with Crippen molar-refractivity contribution in [1.29, 1.82) is 0 Å². The lowest BCUT2D eigenvalue weighted by molar-refractivity contribution is -0.133. The van der Waals surface area contributed by atoms with Gasteiger partial charge in [0.25, 0.3) is 0 Å². The minimum Gasteiger partial charge on any atom is -0.387 e. The van der Waals surface area contributed by atoms with E-state index in [2.05, 4.69) is 0 Å². The van der Waals surface area contributed by atoms with Crippen molar-refractivity contribution in [2.75, 3.05) is 6.54 Å². The van der Waals surface area contributed by atoms with Crippen LogP contribution in [0.15, 0.2) is 48.5 Å². The highest BCUT2D eigenvalue weighted by atomic mass is 19.1. The molecule has 1 atom stereocenters. The van der Waals surface area contributed by atoms with E-state index in [0.29, 0.717) is 12.0 Å². The predicted octanol–water partition coefficient (Wildman–Crippen LogP) is 3.62.